The molecule has 0 aliphatic carbocycles. The molecule has 3 aromatic rings. The highest BCUT2D eigenvalue weighted by molar-refractivity contribution is 5.86. The highest BCUT2D eigenvalue weighted by atomic mass is 16.5. The first kappa shape index (κ1) is 21.9. The van der Waals surface area contributed by atoms with Crippen LogP contribution >= 0.6 is 0 Å². The van der Waals surface area contributed by atoms with Crippen molar-refractivity contribution in [3.63, 3.8) is 0 Å². The van der Waals surface area contributed by atoms with E-state index in [4.69, 9.17) is 14.2 Å². The smallest absolute Gasteiger partial charge is 0.280 e. The predicted molar refractivity (Wildman–Crippen MR) is 121 cm³/mol. The molecule has 0 heterocycles. The first-order valence-corrected chi connectivity index (χ1v) is 10.1. The van der Waals surface area contributed by atoms with Gasteiger partial charge in [-0.25, -0.2) is 5.43 Å². The number of carbonyl (C=O) groups is 1. The van der Waals surface area contributed by atoms with Crippen LogP contribution in [0.4, 0.5) is 0 Å². The zero-order chi connectivity index (χ0) is 21.9. The maximum Gasteiger partial charge on any atom is 0.280 e. The number of hydrazone groups is 1. The molecule has 0 saturated heterocycles. The number of benzene rings is 3. The van der Waals surface area contributed by atoms with E-state index in [1.165, 1.54) is 0 Å². The summed E-state index contributed by atoms with van der Waals surface area (Å²) in [7, 11) is 0. The largest absolute Gasteiger partial charge is 0.493 e. The van der Waals surface area contributed by atoms with Gasteiger partial charge in [0.1, 0.15) is 23.9 Å². The average molecular weight is 418 g/mol. The van der Waals surface area contributed by atoms with Crippen LogP contribution in [0.5, 0.6) is 17.2 Å². The number of carbonyl (C=O) groups excluding carboxylic acids is 1. The van der Waals surface area contributed by atoms with Gasteiger partial charge in [0.25, 0.3) is 5.91 Å². The monoisotopic (exact) mass is 418 g/mol. The maximum atomic E-state index is 12.3. The Morgan fingerprint density at radius 2 is 1.61 bits per heavy atom. The van der Waals surface area contributed by atoms with E-state index in [0.717, 1.165) is 16.9 Å². The highest BCUT2D eigenvalue weighted by Crippen LogP contribution is 2.20. The highest BCUT2D eigenvalue weighted by Gasteiger charge is 2.14. The van der Waals surface area contributed by atoms with Crippen molar-refractivity contribution in [3.8, 4) is 17.2 Å². The van der Waals surface area contributed by atoms with Gasteiger partial charge in [-0.15, -0.1) is 0 Å². The predicted octanol–water partition coefficient (Wildman–Crippen LogP) is 4.58. The number of para-hydroxylation sites is 1. The molecule has 0 aliphatic rings. The fourth-order valence-corrected chi connectivity index (χ4v) is 2.74. The standard InChI is InChI=1S/C25H26N2O4/c1-3-29-24-12-8-7-11-21(24)17-26-27-25(28)19(2)31-23-15-13-22(14-16-23)30-18-20-9-5-4-6-10-20/h4-17,19H,3,18H2,1-2H3,(H,27,28)/b26-17-/t19-/m0/s1. The van der Waals surface area contributed by atoms with Crippen molar-refractivity contribution in [2.75, 3.05) is 6.61 Å². The first-order chi connectivity index (χ1) is 15.2. The fourth-order valence-electron chi connectivity index (χ4n) is 2.74. The van der Waals surface area contributed by atoms with Gasteiger partial charge in [0.2, 0.25) is 0 Å². The van der Waals surface area contributed by atoms with Crippen molar-refractivity contribution in [2.24, 2.45) is 5.10 Å². The lowest BCUT2D eigenvalue weighted by molar-refractivity contribution is -0.127. The molecule has 160 valence electrons. The van der Waals surface area contributed by atoms with Crippen LogP contribution in [-0.2, 0) is 11.4 Å². The van der Waals surface area contributed by atoms with Crippen LogP contribution in [0.15, 0.2) is 84.0 Å². The second-order valence-corrected chi connectivity index (χ2v) is 6.71. The molecule has 6 heteroatoms. The molecule has 0 aromatic heterocycles. The molecule has 0 bridgehead atoms. The van der Waals surface area contributed by atoms with Gasteiger partial charge in [-0.1, -0.05) is 42.5 Å². The minimum atomic E-state index is -0.713. The summed E-state index contributed by atoms with van der Waals surface area (Å²) in [5, 5.41) is 4.01. The van der Waals surface area contributed by atoms with E-state index in [0.29, 0.717) is 24.7 Å². The van der Waals surface area contributed by atoms with E-state index < -0.39 is 6.10 Å². The summed E-state index contributed by atoms with van der Waals surface area (Å²) in [5.74, 6) is 1.66. The second-order valence-electron chi connectivity index (χ2n) is 6.71. The van der Waals surface area contributed by atoms with Crippen molar-refractivity contribution in [2.45, 2.75) is 26.6 Å². The van der Waals surface area contributed by atoms with Crippen LogP contribution in [0.1, 0.15) is 25.0 Å². The van der Waals surface area contributed by atoms with E-state index >= 15 is 0 Å². The summed E-state index contributed by atoms with van der Waals surface area (Å²) >= 11 is 0. The number of nitrogens with zero attached hydrogens (tertiary/aromatic N) is 1. The average Bonchev–Trinajstić information content (AvgIpc) is 2.80. The normalized spacial score (nSPS) is 11.7. The topological polar surface area (TPSA) is 69.2 Å². The van der Waals surface area contributed by atoms with Crippen molar-refractivity contribution in [1.82, 2.24) is 5.43 Å². The Morgan fingerprint density at radius 1 is 0.935 bits per heavy atom. The molecular formula is C25H26N2O4. The van der Waals surface area contributed by atoms with Gasteiger partial charge < -0.3 is 14.2 Å². The number of amides is 1. The Bertz CT molecular complexity index is 988. The number of ether oxygens (including phenoxy) is 3. The summed E-state index contributed by atoms with van der Waals surface area (Å²) < 4.78 is 17.0. The number of hydrogen-bond acceptors (Lipinski definition) is 5. The molecular weight excluding hydrogens is 392 g/mol. The first-order valence-electron chi connectivity index (χ1n) is 10.1. The molecule has 0 radical (unpaired) electrons. The van der Waals surface area contributed by atoms with E-state index in [1.54, 1.807) is 25.3 Å². The van der Waals surface area contributed by atoms with E-state index in [1.807, 2.05) is 73.7 Å². The number of hydrogen-bond donors (Lipinski definition) is 1. The third-order valence-electron chi connectivity index (χ3n) is 4.35. The van der Waals surface area contributed by atoms with Crippen molar-refractivity contribution >= 4 is 12.1 Å². The quantitative estimate of drug-likeness (QED) is 0.386. The van der Waals surface area contributed by atoms with Crippen molar-refractivity contribution < 1.29 is 19.0 Å². The van der Waals surface area contributed by atoms with Gasteiger partial charge in [0, 0.05) is 5.56 Å². The summed E-state index contributed by atoms with van der Waals surface area (Å²) in [6.07, 6.45) is 0.837. The van der Waals surface area contributed by atoms with Crippen LogP contribution in [-0.4, -0.2) is 24.8 Å². The van der Waals surface area contributed by atoms with E-state index in [9.17, 15) is 4.79 Å². The van der Waals surface area contributed by atoms with Crippen LogP contribution in [0.25, 0.3) is 0 Å². The van der Waals surface area contributed by atoms with Gasteiger partial charge in [-0.3, -0.25) is 4.79 Å². The minimum absolute atomic E-state index is 0.352. The Balaban J connectivity index is 1.48. The SMILES string of the molecule is CCOc1ccccc1/C=N\NC(=O)[C@H](C)Oc1ccc(OCc2ccccc2)cc1. The molecule has 31 heavy (non-hydrogen) atoms. The Morgan fingerprint density at radius 3 is 2.35 bits per heavy atom. The summed E-state index contributed by atoms with van der Waals surface area (Å²) in [5.41, 5.74) is 4.37. The molecule has 6 nitrogen and oxygen atoms in total. The molecule has 1 N–H and O–H groups in total. The summed E-state index contributed by atoms with van der Waals surface area (Å²) in [6, 6.07) is 24.6. The van der Waals surface area contributed by atoms with Crippen LogP contribution < -0.4 is 19.6 Å². The van der Waals surface area contributed by atoms with Gasteiger partial charge >= 0.3 is 0 Å². The molecule has 0 saturated carbocycles. The Labute approximate surface area is 182 Å². The minimum Gasteiger partial charge on any atom is -0.493 e. The number of nitrogens with one attached hydrogen (secondary N) is 1. The van der Waals surface area contributed by atoms with Gasteiger partial charge in [0.05, 0.1) is 12.8 Å². The molecule has 0 unspecified atom stereocenters. The van der Waals surface area contributed by atoms with Gasteiger partial charge in [-0.2, -0.15) is 5.10 Å². The second kappa shape index (κ2) is 11.4. The lowest BCUT2D eigenvalue weighted by Gasteiger charge is -2.13. The Hall–Kier alpha value is -3.80. The van der Waals surface area contributed by atoms with Gasteiger partial charge in [-0.05, 0) is 55.8 Å². The van der Waals surface area contributed by atoms with Crippen LogP contribution in [0.2, 0.25) is 0 Å². The van der Waals surface area contributed by atoms with Gasteiger partial charge in [0.15, 0.2) is 6.10 Å². The maximum absolute atomic E-state index is 12.3. The summed E-state index contributed by atoms with van der Waals surface area (Å²) in [4.78, 5) is 12.3. The third kappa shape index (κ3) is 6.89. The third-order valence-corrected chi connectivity index (χ3v) is 4.35. The zero-order valence-electron chi connectivity index (χ0n) is 17.7. The van der Waals surface area contributed by atoms with Crippen LogP contribution in [0, 0.1) is 0 Å². The molecule has 3 rings (SSSR count). The molecule has 1 amide bonds. The van der Waals surface area contributed by atoms with Crippen LogP contribution in [0.3, 0.4) is 0 Å². The molecule has 3 aromatic carbocycles. The molecule has 1 atom stereocenters. The lowest BCUT2D eigenvalue weighted by Crippen LogP contribution is -2.33. The molecule has 0 aliphatic heterocycles. The molecule has 0 fully saturated rings. The lowest BCUT2D eigenvalue weighted by atomic mass is 10.2. The van der Waals surface area contributed by atoms with Crippen molar-refractivity contribution in [1.29, 1.82) is 0 Å². The van der Waals surface area contributed by atoms with Crippen molar-refractivity contribution in [3.05, 3.63) is 90.0 Å². The fraction of sp³-hybridized carbons (Fsp3) is 0.200. The van der Waals surface area contributed by atoms with E-state index in [-0.39, 0.29) is 5.91 Å². The Kier molecular flexibility index (Phi) is 8.05. The zero-order valence-corrected chi connectivity index (χ0v) is 17.7. The number of rotatable bonds is 10. The van der Waals surface area contributed by atoms with E-state index in [2.05, 4.69) is 10.5 Å². The molecule has 0 spiro atoms. The summed E-state index contributed by atoms with van der Waals surface area (Å²) in [6.45, 7) is 4.62.